The number of rotatable bonds is 5. The van der Waals surface area contributed by atoms with Crippen LogP contribution in [-0.4, -0.2) is 34.3 Å². The van der Waals surface area contributed by atoms with Gasteiger partial charge in [0.25, 0.3) is 11.1 Å². The molecule has 0 bridgehead atoms. The van der Waals surface area contributed by atoms with Crippen LogP contribution in [0.5, 0.6) is 11.5 Å². The first-order valence-electron chi connectivity index (χ1n) is 7.67. The SMILES string of the molecule is O=C1S/C(=C\c2cc(Cl)cc(Cl)c2O)C(=O)N1CCOc1ccccc1Cl. The molecule has 2 aromatic carbocycles. The molecule has 1 aliphatic heterocycles. The summed E-state index contributed by atoms with van der Waals surface area (Å²) >= 11 is 18.6. The predicted octanol–water partition coefficient (Wildman–Crippen LogP) is 5.47. The number of hydrogen-bond acceptors (Lipinski definition) is 5. The zero-order valence-electron chi connectivity index (χ0n) is 13.6. The molecule has 3 rings (SSSR count). The third kappa shape index (κ3) is 4.52. The molecule has 27 heavy (non-hydrogen) atoms. The van der Waals surface area contributed by atoms with E-state index in [2.05, 4.69) is 0 Å². The molecule has 1 aliphatic rings. The van der Waals surface area contributed by atoms with E-state index in [1.807, 2.05) is 0 Å². The molecule has 1 heterocycles. The maximum absolute atomic E-state index is 12.5. The molecular weight excluding hydrogens is 433 g/mol. The van der Waals surface area contributed by atoms with Crippen molar-refractivity contribution in [1.29, 1.82) is 0 Å². The molecule has 9 heteroatoms. The summed E-state index contributed by atoms with van der Waals surface area (Å²) in [6.07, 6.45) is 1.38. The lowest BCUT2D eigenvalue weighted by molar-refractivity contribution is -0.123. The van der Waals surface area contributed by atoms with Gasteiger partial charge in [-0.05, 0) is 42.1 Å². The highest BCUT2D eigenvalue weighted by Crippen LogP contribution is 2.37. The molecule has 1 saturated heterocycles. The third-order valence-electron chi connectivity index (χ3n) is 3.63. The monoisotopic (exact) mass is 443 g/mol. The highest BCUT2D eigenvalue weighted by atomic mass is 35.5. The summed E-state index contributed by atoms with van der Waals surface area (Å²) in [6.45, 7) is 0.165. The Morgan fingerprint density at radius 1 is 1.11 bits per heavy atom. The lowest BCUT2D eigenvalue weighted by Crippen LogP contribution is -2.32. The Balaban J connectivity index is 1.71. The molecule has 140 valence electrons. The number of aromatic hydroxyl groups is 1. The fourth-order valence-electron chi connectivity index (χ4n) is 2.34. The van der Waals surface area contributed by atoms with E-state index >= 15 is 0 Å². The summed E-state index contributed by atoms with van der Waals surface area (Å²) in [5, 5.41) is 10.4. The highest BCUT2D eigenvalue weighted by molar-refractivity contribution is 8.18. The number of nitrogens with zero attached hydrogens (tertiary/aromatic N) is 1. The minimum absolute atomic E-state index is 0.0566. The van der Waals surface area contributed by atoms with Crippen molar-refractivity contribution >= 4 is 63.8 Å². The second kappa shape index (κ2) is 8.44. The number of phenolic OH excluding ortho intramolecular Hbond substituents is 1. The van der Waals surface area contributed by atoms with Crippen LogP contribution in [0.25, 0.3) is 6.08 Å². The first-order chi connectivity index (χ1) is 12.9. The van der Waals surface area contributed by atoms with E-state index in [-0.39, 0.29) is 34.4 Å². The molecule has 2 aromatic rings. The van der Waals surface area contributed by atoms with E-state index in [4.69, 9.17) is 39.5 Å². The van der Waals surface area contributed by atoms with Crippen molar-refractivity contribution in [3.8, 4) is 11.5 Å². The Morgan fingerprint density at radius 2 is 1.85 bits per heavy atom. The van der Waals surface area contributed by atoms with Crippen LogP contribution >= 0.6 is 46.6 Å². The lowest BCUT2D eigenvalue weighted by atomic mass is 10.2. The minimum atomic E-state index is -0.483. The number of imide groups is 1. The number of phenols is 1. The van der Waals surface area contributed by atoms with Gasteiger partial charge >= 0.3 is 0 Å². The molecule has 0 atom stereocenters. The second-order valence-electron chi connectivity index (χ2n) is 5.44. The standard InChI is InChI=1S/C18H12Cl3NO4S/c19-11-7-10(16(23)13(21)9-11)8-15-17(24)22(18(25)27-15)5-6-26-14-4-2-1-3-12(14)20/h1-4,7-9,23H,5-6H2/b15-8-. The number of benzene rings is 2. The average molecular weight is 445 g/mol. The number of para-hydroxylation sites is 1. The number of ether oxygens (including phenoxy) is 1. The van der Waals surface area contributed by atoms with Crippen molar-refractivity contribution < 1.29 is 19.4 Å². The summed E-state index contributed by atoms with van der Waals surface area (Å²) in [6, 6.07) is 9.76. The maximum atomic E-state index is 12.5. The second-order valence-corrected chi connectivity index (χ2v) is 7.68. The van der Waals surface area contributed by atoms with Crippen molar-refractivity contribution in [2.45, 2.75) is 0 Å². The van der Waals surface area contributed by atoms with Gasteiger partial charge in [-0.25, -0.2) is 0 Å². The van der Waals surface area contributed by atoms with Crippen LogP contribution in [0, 0.1) is 0 Å². The highest BCUT2D eigenvalue weighted by Gasteiger charge is 2.35. The number of hydrogen-bond donors (Lipinski definition) is 1. The Bertz CT molecular complexity index is 948. The van der Waals surface area contributed by atoms with Crippen molar-refractivity contribution in [2.24, 2.45) is 0 Å². The van der Waals surface area contributed by atoms with Gasteiger partial charge < -0.3 is 9.84 Å². The van der Waals surface area contributed by atoms with E-state index in [1.54, 1.807) is 24.3 Å². The number of thioether (sulfide) groups is 1. The third-order valence-corrected chi connectivity index (χ3v) is 5.35. The molecule has 1 N–H and O–H groups in total. The molecule has 5 nitrogen and oxygen atoms in total. The fraction of sp³-hybridized carbons (Fsp3) is 0.111. The van der Waals surface area contributed by atoms with Gasteiger partial charge in [0, 0.05) is 10.6 Å². The molecule has 0 spiro atoms. The summed E-state index contributed by atoms with van der Waals surface area (Å²) < 4.78 is 5.52. The van der Waals surface area contributed by atoms with Crippen LogP contribution in [0.2, 0.25) is 15.1 Å². The van der Waals surface area contributed by atoms with Crippen LogP contribution < -0.4 is 4.74 Å². The molecule has 0 aliphatic carbocycles. The van der Waals surface area contributed by atoms with Crippen LogP contribution in [0.15, 0.2) is 41.3 Å². The van der Waals surface area contributed by atoms with E-state index in [1.165, 1.54) is 18.2 Å². The smallest absolute Gasteiger partial charge is 0.293 e. The number of amides is 2. The van der Waals surface area contributed by atoms with Crippen LogP contribution in [0.3, 0.4) is 0 Å². The number of carbonyl (C=O) groups excluding carboxylic acids is 2. The van der Waals surface area contributed by atoms with Crippen molar-refractivity contribution in [2.75, 3.05) is 13.2 Å². The van der Waals surface area contributed by atoms with Gasteiger partial charge in [-0.3, -0.25) is 14.5 Å². The van der Waals surface area contributed by atoms with Gasteiger partial charge in [0.1, 0.15) is 18.1 Å². The average Bonchev–Trinajstić information content (AvgIpc) is 2.88. The lowest BCUT2D eigenvalue weighted by Gasteiger charge is -2.13. The molecule has 0 saturated carbocycles. The topological polar surface area (TPSA) is 66.8 Å². The van der Waals surface area contributed by atoms with Crippen molar-refractivity contribution in [3.63, 3.8) is 0 Å². The summed E-state index contributed by atoms with van der Waals surface area (Å²) in [4.78, 5) is 25.9. The van der Waals surface area contributed by atoms with E-state index in [0.717, 1.165) is 16.7 Å². The summed E-state index contributed by atoms with van der Waals surface area (Å²) in [7, 11) is 0. The van der Waals surface area contributed by atoms with E-state index in [0.29, 0.717) is 15.8 Å². The zero-order chi connectivity index (χ0) is 19.6. The molecule has 2 amide bonds. The number of carbonyl (C=O) groups is 2. The minimum Gasteiger partial charge on any atom is -0.506 e. The van der Waals surface area contributed by atoms with E-state index < -0.39 is 11.1 Å². The maximum Gasteiger partial charge on any atom is 0.293 e. The fourth-order valence-corrected chi connectivity index (χ4v) is 3.89. The Labute approximate surface area is 174 Å². The summed E-state index contributed by atoms with van der Waals surface area (Å²) in [5.41, 5.74) is 0.255. The van der Waals surface area contributed by atoms with Gasteiger partial charge in [-0.2, -0.15) is 0 Å². The van der Waals surface area contributed by atoms with Crippen molar-refractivity contribution in [1.82, 2.24) is 4.90 Å². The van der Waals surface area contributed by atoms with Gasteiger partial charge in [-0.15, -0.1) is 0 Å². The first-order valence-corrected chi connectivity index (χ1v) is 9.62. The van der Waals surface area contributed by atoms with Gasteiger partial charge in [0.05, 0.1) is 21.5 Å². The van der Waals surface area contributed by atoms with Crippen LogP contribution in [-0.2, 0) is 4.79 Å². The Kier molecular flexibility index (Phi) is 6.22. The molecule has 0 radical (unpaired) electrons. The molecule has 0 unspecified atom stereocenters. The van der Waals surface area contributed by atoms with E-state index in [9.17, 15) is 14.7 Å². The van der Waals surface area contributed by atoms with Gasteiger partial charge in [0.2, 0.25) is 0 Å². The van der Waals surface area contributed by atoms with Crippen molar-refractivity contribution in [3.05, 3.63) is 61.9 Å². The van der Waals surface area contributed by atoms with Gasteiger partial charge in [-0.1, -0.05) is 46.9 Å². The normalized spacial score (nSPS) is 15.7. The predicted molar refractivity (Wildman–Crippen MR) is 108 cm³/mol. The van der Waals surface area contributed by atoms with Gasteiger partial charge in [0.15, 0.2) is 0 Å². The zero-order valence-corrected chi connectivity index (χ0v) is 16.7. The van der Waals surface area contributed by atoms with Crippen LogP contribution in [0.4, 0.5) is 4.79 Å². The largest absolute Gasteiger partial charge is 0.506 e. The quantitative estimate of drug-likeness (QED) is 0.620. The first kappa shape index (κ1) is 19.9. The molecule has 0 aromatic heterocycles. The number of halogens is 3. The summed E-state index contributed by atoms with van der Waals surface area (Å²) in [5.74, 6) is -0.224. The molecule has 1 fully saturated rings. The Hall–Kier alpha value is -1.86. The Morgan fingerprint density at radius 3 is 2.59 bits per heavy atom. The molecular formula is C18H12Cl3NO4S. The van der Waals surface area contributed by atoms with Crippen LogP contribution in [0.1, 0.15) is 5.56 Å².